The maximum Gasteiger partial charge on any atom is 0.410 e. The molecule has 1 rings (SSSR count). The molecule has 0 saturated carbocycles. The molecule has 94 valence electrons. The summed E-state index contributed by atoms with van der Waals surface area (Å²) in [5.74, 6) is 0.535. The van der Waals surface area contributed by atoms with Crippen molar-refractivity contribution in [3.05, 3.63) is 0 Å². The third-order valence-electron chi connectivity index (χ3n) is 2.64. The van der Waals surface area contributed by atoms with Gasteiger partial charge in [-0.2, -0.15) is 0 Å². The Morgan fingerprint density at radius 1 is 1.56 bits per heavy atom. The van der Waals surface area contributed by atoms with Crippen molar-refractivity contribution >= 4 is 6.09 Å². The molecule has 1 amide bonds. The van der Waals surface area contributed by atoms with Crippen LogP contribution in [0, 0.1) is 5.92 Å². The van der Waals surface area contributed by atoms with E-state index in [4.69, 9.17) is 10.5 Å². The molecule has 0 radical (unpaired) electrons. The molecule has 0 aliphatic carbocycles. The number of nitrogens with two attached hydrogens (primary N) is 1. The Hall–Kier alpha value is -0.770. The summed E-state index contributed by atoms with van der Waals surface area (Å²) in [6.07, 6.45) is 1.83. The predicted octanol–water partition coefficient (Wildman–Crippen LogP) is 1.98. The van der Waals surface area contributed by atoms with Crippen LogP contribution in [0.2, 0.25) is 0 Å². The molecule has 1 saturated heterocycles. The lowest BCUT2D eigenvalue weighted by molar-refractivity contribution is 0.0287. The van der Waals surface area contributed by atoms with E-state index in [9.17, 15) is 4.79 Å². The van der Waals surface area contributed by atoms with Crippen LogP contribution in [0.25, 0.3) is 0 Å². The topological polar surface area (TPSA) is 55.6 Å². The van der Waals surface area contributed by atoms with Gasteiger partial charge < -0.3 is 15.4 Å². The van der Waals surface area contributed by atoms with E-state index < -0.39 is 5.60 Å². The lowest BCUT2D eigenvalue weighted by Gasteiger charge is -2.24. The number of hydrogen-bond donors (Lipinski definition) is 1. The van der Waals surface area contributed by atoms with E-state index in [1.165, 1.54) is 0 Å². The molecule has 0 aromatic carbocycles. The zero-order valence-electron chi connectivity index (χ0n) is 10.8. The lowest BCUT2D eigenvalue weighted by atomic mass is 10.0. The van der Waals surface area contributed by atoms with Gasteiger partial charge in [0, 0.05) is 19.1 Å². The average molecular weight is 228 g/mol. The van der Waals surface area contributed by atoms with Crippen molar-refractivity contribution in [1.29, 1.82) is 0 Å². The Balaban J connectivity index is 2.38. The van der Waals surface area contributed by atoms with Crippen molar-refractivity contribution in [1.82, 2.24) is 4.90 Å². The Bertz CT molecular complexity index is 246. The monoisotopic (exact) mass is 228 g/mol. The summed E-state index contributed by atoms with van der Waals surface area (Å²) in [5.41, 5.74) is 5.35. The van der Waals surface area contributed by atoms with Gasteiger partial charge in [0.05, 0.1) is 0 Å². The van der Waals surface area contributed by atoms with Crippen molar-refractivity contribution < 1.29 is 9.53 Å². The van der Waals surface area contributed by atoms with Crippen LogP contribution in [0.4, 0.5) is 4.79 Å². The van der Waals surface area contributed by atoms with Crippen molar-refractivity contribution in [2.75, 3.05) is 13.1 Å². The number of carbonyl (C=O) groups excluding carboxylic acids is 1. The van der Waals surface area contributed by atoms with Crippen LogP contribution in [0.3, 0.4) is 0 Å². The first kappa shape index (κ1) is 13.3. The molecule has 1 aliphatic heterocycles. The fourth-order valence-corrected chi connectivity index (χ4v) is 2.04. The number of carbonyl (C=O) groups is 1. The highest BCUT2D eigenvalue weighted by Gasteiger charge is 2.29. The minimum absolute atomic E-state index is 0.195. The summed E-state index contributed by atoms with van der Waals surface area (Å²) in [6, 6.07) is 0.212. The zero-order valence-corrected chi connectivity index (χ0v) is 10.8. The van der Waals surface area contributed by atoms with Crippen molar-refractivity contribution in [2.45, 2.75) is 52.2 Å². The Morgan fingerprint density at radius 2 is 2.19 bits per heavy atom. The molecule has 1 aliphatic rings. The maximum absolute atomic E-state index is 11.8. The average Bonchev–Trinajstić information content (AvgIpc) is 2.48. The molecule has 16 heavy (non-hydrogen) atoms. The predicted molar refractivity (Wildman–Crippen MR) is 64.2 cm³/mol. The van der Waals surface area contributed by atoms with Gasteiger partial charge in [-0.05, 0) is 46.5 Å². The SMILES string of the molecule is CC(N)C[C@@H]1CCN(C(=O)OC(C)(C)C)C1. The third-order valence-corrected chi connectivity index (χ3v) is 2.64. The molecule has 4 nitrogen and oxygen atoms in total. The molecule has 0 spiro atoms. The molecule has 1 fully saturated rings. The normalized spacial score (nSPS) is 23.3. The van der Waals surface area contributed by atoms with E-state index in [2.05, 4.69) is 0 Å². The molecule has 0 aromatic heterocycles. The van der Waals surface area contributed by atoms with Crippen molar-refractivity contribution in [2.24, 2.45) is 11.7 Å². The minimum Gasteiger partial charge on any atom is -0.444 e. The number of hydrogen-bond acceptors (Lipinski definition) is 3. The van der Waals surface area contributed by atoms with Gasteiger partial charge in [-0.25, -0.2) is 4.79 Å². The number of ether oxygens (including phenoxy) is 1. The lowest BCUT2D eigenvalue weighted by Crippen LogP contribution is -2.35. The molecular weight excluding hydrogens is 204 g/mol. The second-order valence-corrected chi connectivity index (χ2v) is 5.79. The van der Waals surface area contributed by atoms with Gasteiger partial charge in [0.15, 0.2) is 0 Å². The van der Waals surface area contributed by atoms with Gasteiger partial charge in [-0.3, -0.25) is 0 Å². The molecule has 4 heteroatoms. The first-order chi connectivity index (χ1) is 7.28. The van der Waals surface area contributed by atoms with E-state index in [1.807, 2.05) is 27.7 Å². The first-order valence-corrected chi connectivity index (χ1v) is 6.01. The smallest absolute Gasteiger partial charge is 0.410 e. The Morgan fingerprint density at radius 3 is 2.69 bits per heavy atom. The highest BCUT2D eigenvalue weighted by atomic mass is 16.6. The fourth-order valence-electron chi connectivity index (χ4n) is 2.04. The van der Waals surface area contributed by atoms with Crippen LogP contribution >= 0.6 is 0 Å². The van der Waals surface area contributed by atoms with Gasteiger partial charge in [-0.15, -0.1) is 0 Å². The number of rotatable bonds is 2. The summed E-state index contributed by atoms with van der Waals surface area (Å²) >= 11 is 0. The third kappa shape index (κ3) is 4.39. The summed E-state index contributed by atoms with van der Waals surface area (Å²) in [6.45, 7) is 9.26. The van der Waals surface area contributed by atoms with Crippen LogP contribution in [0.15, 0.2) is 0 Å². The summed E-state index contributed by atoms with van der Waals surface area (Å²) in [4.78, 5) is 13.6. The van der Waals surface area contributed by atoms with Crippen LogP contribution in [0.5, 0.6) is 0 Å². The van der Waals surface area contributed by atoms with E-state index >= 15 is 0 Å². The van der Waals surface area contributed by atoms with E-state index in [0.717, 1.165) is 25.9 Å². The van der Waals surface area contributed by atoms with Gasteiger partial charge in [0.25, 0.3) is 0 Å². The second kappa shape index (κ2) is 5.04. The molecule has 1 unspecified atom stereocenters. The molecule has 2 N–H and O–H groups in total. The van der Waals surface area contributed by atoms with Crippen molar-refractivity contribution in [3.63, 3.8) is 0 Å². The number of likely N-dealkylation sites (tertiary alicyclic amines) is 1. The molecular formula is C12H24N2O2. The molecule has 2 atom stereocenters. The molecule has 0 aromatic rings. The second-order valence-electron chi connectivity index (χ2n) is 5.79. The summed E-state index contributed by atoms with van der Waals surface area (Å²) in [5, 5.41) is 0. The van der Waals surface area contributed by atoms with Crippen LogP contribution in [0.1, 0.15) is 40.5 Å². The van der Waals surface area contributed by atoms with E-state index in [0.29, 0.717) is 5.92 Å². The quantitative estimate of drug-likeness (QED) is 0.786. The standard InChI is InChI=1S/C12H24N2O2/c1-9(13)7-10-5-6-14(8-10)11(15)16-12(2,3)4/h9-10H,5-8,13H2,1-4H3/t9?,10-/m0/s1. The van der Waals surface area contributed by atoms with Crippen LogP contribution < -0.4 is 5.73 Å². The molecule has 0 bridgehead atoms. The van der Waals surface area contributed by atoms with Crippen LogP contribution in [-0.2, 0) is 4.74 Å². The molecule has 1 heterocycles. The number of nitrogens with zero attached hydrogens (tertiary/aromatic N) is 1. The Kier molecular flexibility index (Phi) is 4.19. The largest absolute Gasteiger partial charge is 0.444 e. The number of amides is 1. The van der Waals surface area contributed by atoms with Gasteiger partial charge >= 0.3 is 6.09 Å². The van der Waals surface area contributed by atoms with E-state index in [-0.39, 0.29) is 12.1 Å². The fraction of sp³-hybridized carbons (Fsp3) is 0.917. The minimum atomic E-state index is -0.406. The van der Waals surface area contributed by atoms with Gasteiger partial charge in [0.1, 0.15) is 5.60 Å². The van der Waals surface area contributed by atoms with Gasteiger partial charge in [0.2, 0.25) is 0 Å². The highest BCUT2D eigenvalue weighted by Crippen LogP contribution is 2.22. The summed E-state index contributed by atoms with van der Waals surface area (Å²) in [7, 11) is 0. The highest BCUT2D eigenvalue weighted by molar-refractivity contribution is 5.68. The van der Waals surface area contributed by atoms with E-state index in [1.54, 1.807) is 4.90 Å². The maximum atomic E-state index is 11.8. The Labute approximate surface area is 98.1 Å². The van der Waals surface area contributed by atoms with Gasteiger partial charge in [-0.1, -0.05) is 0 Å². The zero-order chi connectivity index (χ0) is 12.3. The first-order valence-electron chi connectivity index (χ1n) is 6.01. The van der Waals surface area contributed by atoms with Crippen molar-refractivity contribution in [3.8, 4) is 0 Å². The van der Waals surface area contributed by atoms with Crippen LogP contribution in [-0.4, -0.2) is 35.7 Å². The summed E-state index contributed by atoms with van der Waals surface area (Å²) < 4.78 is 5.33.